The van der Waals surface area contributed by atoms with Crippen molar-refractivity contribution in [3.05, 3.63) is 77.9 Å². The van der Waals surface area contributed by atoms with Crippen molar-refractivity contribution < 1.29 is 19.4 Å². The average molecular weight is 417 g/mol. The quantitative estimate of drug-likeness (QED) is 0.611. The number of hydrogen-bond donors (Lipinski definition) is 2. The normalized spacial score (nSPS) is 15.7. The van der Waals surface area contributed by atoms with Gasteiger partial charge in [0.2, 0.25) is 0 Å². The van der Waals surface area contributed by atoms with E-state index >= 15 is 0 Å². The molecule has 1 fully saturated rings. The predicted octanol–water partition coefficient (Wildman–Crippen LogP) is 3.75. The van der Waals surface area contributed by atoms with Gasteiger partial charge in [0.15, 0.2) is 0 Å². The summed E-state index contributed by atoms with van der Waals surface area (Å²) in [4.78, 5) is 28.4. The van der Waals surface area contributed by atoms with Gasteiger partial charge in [-0.05, 0) is 35.1 Å². The fourth-order valence-electron chi connectivity index (χ4n) is 4.36. The van der Waals surface area contributed by atoms with Crippen LogP contribution in [0.4, 0.5) is 4.79 Å². The molecule has 7 nitrogen and oxygen atoms in total. The minimum atomic E-state index is -1.10. The van der Waals surface area contributed by atoms with Crippen molar-refractivity contribution in [3.8, 4) is 11.1 Å². The van der Waals surface area contributed by atoms with E-state index in [4.69, 9.17) is 4.74 Å². The number of carbonyl (C=O) groups excluding carboxylic acids is 1. The van der Waals surface area contributed by atoms with Crippen molar-refractivity contribution in [1.82, 2.24) is 14.9 Å². The number of fused-ring (bicyclic) bond motifs is 3. The fraction of sp³-hybridized carbons (Fsp3) is 0.292. The molecule has 158 valence electrons. The van der Waals surface area contributed by atoms with Crippen molar-refractivity contribution in [2.45, 2.75) is 37.3 Å². The van der Waals surface area contributed by atoms with Gasteiger partial charge in [-0.15, -0.1) is 0 Å². The number of alkyl carbamates (subject to hydrolysis) is 1. The second kappa shape index (κ2) is 7.91. The summed E-state index contributed by atoms with van der Waals surface area (Å²) in [5.74, 6) is -1.17. The van der Waals surface area contributed by atoms with Gasteiger partial charge in [-0.2, -0.15) is 0 Å². The van der Waals surface area contributed by atoms with Crippen LogP contribution in [-0.2, 0) is 16.0 Å². The largest absolute Gasteiger partial charge is 0.480 e. The first kappa shape index (κ1) is 19.4. The molecular weight excluding hydrogens is 394 g/mol. The Morgan fingerprint density at radius 3 is 2.35 bits per heavy atom. The Morgan fingerprint density at radius 2 is 1.74 bits per heavy atom. The number of rotatable bonds is 7. The lowest BCUT2D eigenvalue weighted by molar-refractivity contribution is -0.139. The van der Waals surface area contributed by atoms with Gasteiger partial charge in [0.05, 0.1) is 6.33 Å². The number of benzene rings is 2. The number of carboxylic acid groups (broad SMARTS) is 1. The molecule has 1 saturated carbocycles. The first-order valence-electron chi connectivity index (χ1n) is 10.5. The van der Waals surface area contributed by atoms with Crippen molar-refractivity contribution in [2.24, 2.45) is 0 Å². The molecule has 0 saturated heterocycles. The molecule has 1 atom stereocenters. The summed E-state index contributed by atoms with van der Waals surface area (Å²) < 4.78 is 7.49. The third kappa shape index (κ3) is 3.79. The Kier molecular flexibility index (Phi) is 4.94. The second-order valence-electron chi connectivity index (χ2n) is 8.09. The van der Waals surface area contributed by atoms with Crippen LogP contribution in [0.1, 0.15) is 41.6 Å². The SMILES string of the molecule is O=C(NC(Cc1cncn1C1CC1)C(=O)O)OCC1c2ccccc2-c2ccccc21. The smallest absolute Gasteiger partial charge is 0.407 e. The molecule has 1 unspecified atom stereocenters. The molecule has 2 aliphatic rings. The molecule has 3 aromatic rings. The third-order valence-corrected chi connectivity index (χ3v) is 6.03. The van der Waals surface area contributed by atoms with E-state index in [1.807, 2.05) is 41.0 Å². The summed E-state index contributed by atoms with van der Waals surface area (Å²) in [6.07, 6.45) is 4.96. The van der Waals surface area contributed by atoms with Crippen LogP contribution in [0.5, 0.6) is 0 Å². The van der Waals surface area contributed by atoms with Crippen LogP contribution in [0, 0.1) is 0 Å². The summed E-state index contributed by atoms with van der Waals surface area (Å²) >= 11 is 0. The highest BCUT2D eigenvalue weighted by Crippen LogP contribution is 2.44. The van der Waals surface area contributed by atoms with Gasteiger partial charge in [0.1, 0.15) is 12.6 Å². The van der Waals surface area contributed by atoms with Crippen LogP contribution in [0.15, 0.2) is 61.1 Å². The predicted molar refractivity (Wildman–Crippen MR) is 114 cm³/mol. The van der Waals surface area contributed by atoms with E-state index in [9.17, 15) is 14.7 Å². The molecule has 0 aliphatic heterocycles. The molecule has 0 radical (unpaired) electrons. The molecule has 1 aromatic heterocycles. The van der Waals surface area contributed by atoms with E-state index in [1.165, 1.54) is 0 Å². The first-order valence-corrected chi connectivity index (χ1v) is 10.5. The molecule has 2 aliphatic carbocycles. The molecule has 31 heavy (non-hydrogen) atoms. The van der Waals surface area contributed by atoms with E-state index in [0.29, 0.717) is 6.04 Å². The number of nitrogens with zero attached hydrogens (tertiary/aromatic N) is 2. The van der Waals surface area contributed by atoms with Crippen LogP contribution in [0.25, 0.3) is 11.1 Å². The minimum absolute atomic E-state index is 0.0715. The molecule has 2 aromatic carbocycles. The van der Waals surface area contributed by atoms with Crippen molar-refractivity contribution in [3.63, 3.8) is 0 Å². The Hall–Kier alpha value is -3.61. The minimum Gasteiger partial charge on any atom is -0.480 e. The molecule has 2 N–H and O–H groups in total. The fourth-order valence-corrected chi connectivity index (χ4v) is 4.36. The van der Waals surface area contributed by atoms with E-state index < -0.39 is 18.1 Å². The molecule has 5 rings (SSSR count). The van der Waals surface area contributed by atoms with Gasteiger partial charge in [-0.25, -0.2) is 14.6 Å². The molecule has 0 spiro atoms. The molecular formula is C24H23N3O4. The van der Waals surface area contributed by atoms with Crippen molar-refractivity contribution >= 4 is 12.1 Å². The zero-order valence-electron chi connectivity index (χ0n) is 16.9. The maximum Gasteiger partial charge on any atom is 0.407 e. The zero-order chi connectivity index (χ0) is 21.4. The van der Waals surface area contributed by atoms with Crippen LogP contribution in [0.2, 0.25) is 0 Å². The summed E-state index contributed by atoms with van der Waals surface area (Å²) in [6.45, 7) is 0.145. The summed E-state index contributed by atoms with van der Waals surface area (Å²) in [7, 11) is 0. The van der Waals surface area contributed by atoms with E-state index in [2.05, 4.69) is 22.4 Å². The van der Waals surface area contributed by atoms with Gasteiger partial charge in [0, 0.05) is 30.3 Å². The lowest BCUT2D eigenvalue weighted by Gasteiger charge is -2.18. The number of hydrogen-bond acceptors (Lipinski definition) is 4. The third-order valence-electron chi connectivity index (χ3n) is 6.03. The van der Waals surface area contributed by atoms with Crippen LogP contribution < -0.4 is 5.32 Å². The second-order valence-corrected chi connectivity index (χ2v) is 8.09. The highest BCUT2D eigenvalue weighted by molar-refractivity contribution is 5.81. The lowest BCUT2D eigenvalue weighted by atomic mass is 9.98. The van der Waals surface area contributed by atoms with Crippen LogP contribution in [0.3, 0.4) is 0 Å². The van der Waals surface area contributed by atoms with Crippen molar-refractivity contribution in [1.29, 1.82) is 0 Å². The number of nitrogens with one attached hydrogen (secondary N) is 1. The standard InChI is InChI=1S/C24H23N3O4/c28-23(29)22(11-16-12-25-14-27(16)15-9-10-15)26-24(30)31-13-21-19-7-3-1-5-17(19)18-6-2-4-8-20(18)21/h1-8,12,14-15,21-22H,9-11,13H2,(H,26,30)(H,28,29). The summed E-state index contributed by atoms with van der Waals surface area (Å²) in [5.41, 5.74) is 5.31. The first-order chi connectivity index (χ1) is 15.1. The van der Waals surface area contributed by atoms with E-state index in [-0.39, 0.29) is 18.9 Å². The molecule has 0 bridgehead atoms. The molecule has 1 amide bonds. The Labute approximate surface area is 179 Å². The van der Waals surface area contributed by atoms with Gasteiger partial charge in [0.25, 0.3) is 0 Å². The highest BCUT2D eigenvalue weighted by Gasteiger charge is 2.31. The topological polar surface area (TPSA) is 93.5 Å². The number of carboxylic acids is 1. The Balaban J connectivity index is 1.26. The van der Waals surface area contributed by atoms with Crippen molar-refractivity contribution in [2.75, 3.05) is 6.61 Å². The Morgan fingerprint density at radius 1 is 1.10 bits per heavy atom. The maximum absolute atomic E-state index is 12.5. The van der Waals surface area contributed by atoms with Gasteiger partial charge in [-0.3, -0.25) is 0 Å². The van der Waals surface area contributed by atoms with Gasteiger partial charge >= 0.3 is 12.1 Å². The van der Waals surface area contributed by atoms with E-state index in [1.54, 1.807) is 12.5 Å². The van der Waals surface area contributed by atoms with Crippen LogP contribution in [-0.4, -0.2) is 39.4 Å². The monoisotopic (exact) mass is 417 g/mol. The number of ether oxygens (including phenoxy) is 1. The molecule has 7 heteroatoms. The Bertz CT molecular complexity index is 1090. The number of carbonyl (C=O) groups is 2. The summed E-state index contributed by atoms with van der Waals surface area (Å²) in [6, 6.07) is 15.5. The van der Waals surface area contributed by atoms with Crippen LogP contribution >= 0.6 is 0 Å². The lowest BCUT2D eigenvalue weighted by Crippen LogP contribution is -2.43. The van der Waals surface area contributed by atoms with Gasteiger partial charge in [-0.1, -0.05) is 48.5 Å². The maximum atomic E-state index is 12.5. The van der Waals surface area contributed by atoms with Gasteiger partial charge < -0.3 is 19.7 Å². The summed E-state index contributed by atoms with van der Waals surface area (Å²) in [5, 5.41) is 12.1. The highest BCUT2D eigenvalue weighted by atomic mass is 16.5. The zero-order valence-corrected chi connectivity index (χ0v) is 16.9. The number of amides is 1. The van der Waals surface area contributed by atoms with E-state index in [0.717, 1.165) is 40.8 Å². The number of aliphatic carboxylic acids is 1. The number of aromatic nitrogens is 2. The average Bonchev–Trinajstić information content (AvgIpc) is 3.43. The number of imidazole rings is 1. The molecule has 1 heterocycles.